The number of carbonyl (C=O) groups is 1. The van der Waals surface area contributed by atoms with E-state index in [1.165, 1.54) is 10.4 Å². The fraction of sp³-hybridized carbons (Fsp3) is 0.316. The molecule has 2 N–H and O–H groups in total. The minimum Gasteiger partial charge on any atom is -0.326 e. The lowest BCUT2D eigenvalue weighted by molar-refractivity contribution is 0.0992. The highest BCUT2D eigenvalue weighted by Gasteiger charge is 2.33. The number of hydrogen-bond donors (Lipinski definition) is 1. The summed E-state index contributed by atoms with van der Waals surface area (Å²) in [7, 11) is -3.77. The van der Waals surface area contributed by atoms with Gasteiger partial charge in [0.15, 0.2) is 0 Å². The van der Waals surface area contributed by atoms with Gasteiger partial charge >= 0.3 is 5.91 Å². The van der Waals surface area contributed by atoms with Crippen LogP contribution in [-0.4, -0.2) is 37.8 Å². The summed E-state index contributed by atoms with van der Waals surface area (Å²) in [5.74, 6) is -0.499. The quantitative estimate of drug-likeness (QED) is 0.574. The molecular weight excluding hydrogens is 414 g/mol. The van der Waals surface area contributed by atoms with Gasteiger partial charge in [0.05, 0.1) is 4.90 Å². The Kier molecular flexibility index (Phi) is 6.89. The largest absolute Gasteiger partial charge is 0.360 e. The molecular formula is C19H21ClN5O3S+. The van der Waals surface area contributed by atoms with E-state index in [0.717, 1.165) is 0 Å². The molecule has 1 aliphatic heterocycles. The van der Waals surface area contributed by atoms with Gasteiger partial charge in [0.2, 0.25) is 20.0 Å². The number of rotatable bonds is 5. The van der Waals surface area contributed by atoms with Gasteiger partial charge in [-0.3, -0.25) is 4.79 Å². The van der Waals surface area contributed by atoms with Gasteiger partial charge in [0, 0.05) is 35.8 Å². The molecule has 0 unspecified atom stereocenters. The lowest BCUT2D eigenvalue weighted by Gasteiger charge is -2.28. The van der Waals surface area contributed by atoms with Crippen molar-refractivity contribution in [2.24, 2.45) is 16.0 Å². The minimum atomic E-state index is -3.77. The number of nitrogens with zero attached hydrogens (tertiary/aromatic N) is 4. The van der Waals surface area contributed by atoms with E-state index in [0.29, 0.717) is 35.5 Å². The summed E-state index contributed by atoms with van der Waals surface area (Å²) in [5, 5.41) is 7.96. The third kappa shape index (κ3) is 4.95. The van der Waals surface area contributed by atoms with Crippen molar-refractivity contribution >= 4 is 27.5 Å². The van der Waals surface area contributed by atoms with Gasteiger partial charge in [-0.15, -0.1) is 0 Å². The van der Waals surface area contributed by atoms with E-state index >= 15 is 0 Å². The predicted molar refractivity (Wildman–Crippen MR) is 109 cm³/mol. The average Bonchev–Trinajstić information content (AvgIpc) is 2.74. The number of benzene rings is 2. The van der Waals surface area contributed by atoms with Gasteiger partial charge in [0.25, 0.3) is 0 Å². The first-order valence-electron chi connectivity index (χ1n) is 9.11. The summed E-state index contributed by atoms with van der Waals surface area (Å²) in [6.07, 6.45) is 1.28. The highest BCUT2D eigenvalue weighted by molar-refractivity contribution is 7.89. The fourth-order valence-corrected chi connectivity index (χ4v) is 5.21. The zero-order chi connectivity index (χ0) is 20.9. The van der Waals surface area contributed by atoms with E-state index in [1.54, 1.807) is 42.5 Å². The molecule has 2 aromatic carbocycles. The van der Waals surface area contributed by atoms with Crippen LogP contribution in [0.15, 0.2) is 63.7 Å². The van der Waals surface area contributed by atoms with Crippen LogP contribution in [0.4, 0.5) is 0 Å². The number of hydrogen-bond acceptors (Lipinski definition) is 5. The lowest BCUT2D eigenvalue weighted by atomic mass is 10.1. The summed E-state index contributed by atoms with van der Waals surface area (Å²) < 4.78 is 27.5. The second-order valence-electron chi connectivity index (χ2n) is 6.56. The van der Waals surface area contributed by atoms with E-state index in [9.17, 15) is 13.2 Å². The smallest absolute Gasteiger partial charge is 0.326 e. The summed E-state index contributed by atoms with van der Waals surface area (Å²) in [4.78, 5) is 15.7. The van der Waals surface area contributed by atoms with Crippen LogP contribution in [0.3, 0.4) is 0 Å². The van der Waals surface area contributed by atoms with E-state index in [2.05, 4.69) is 15.1 Å². The van der Waals surface area contributed by atoms with Gasteiger partial charge in [-0.25, -0.2) is 8.42 Å². The molecule has 152 valence electrons. The molecule has 29 heavy (non-hydrogen) atoms. The number of carbonyl (C=O) groups excluding carboxylic acids is 1. The second-order valence-corrected chi connectivity index (χ2v) is 8.87. The number of amides is 1. The molecule has 0 aliphatic carbocycles. The average molecular weight is 435 g/mol. The molecule has 1 amide bonds. The molecule has 1 heterocycles. The first-order chi connectivity index (χ1) is 13.9. The van der Waals surface area contributed by atoms with Crippen LogP contribution in [0.25, 0.3) is 0 Å². The minimum absolute atomic E-state index is 0.0195. The standard InChI is InChI=1S/C19H21ClN5O3S/c20-17-9-4-10-18(16(17)12-21)29(27,28)25-11-5-8-15(13-25)22-24-23-19(26)14-6-2-1-3-7-14/h1-4,6-7,9-10,15H,5,8,11-13,21H2/q+1/t15-/m0/s1. The molecule has 3 rings (SSSR count). The van der Waals surface area contributed by atoms with Crippen LogP contribution in [0.5, 0.6) is 0 Å². The Bertz CT molecular complexity index is 1050. The van der Waals surface area contributed by atoms with Crippen molar-refractivity contribution in [3.05, 3.63) is 64.7 Å². The first-order valence-corrected chi connectivity index (χ1v) is 10.9. The SMILES string of the molecule is NCc1c(Cl)cccc1S(=O)(=O)N1CCC[C@H](N=[N+]=NC(=O)c2ccccc2)C1. The van der Waals surface area contributed by atoms with Gasteiger partial charge in [-0.05, 0) is 37.1 Å². The Morgan fingerprint density at radius 2 is 1.97 bits per heavy atom. The Balaban J connectivity index is 1.76. The zero-order valence-corrected chi connectivity index (χ0v) is 17.2. The van der Waals surface area contributed by atoms with E-state index < -0.39 is 15.9 Å². The number of halogens is 1. The van der Waals surface area contributed by atoms with E-state index in [1.807, 2.05) is 0 Å². The topological polar surface area (TPSA) is 119 Å². The highest BCUT2D eigenvalue weighted by Crippen LogP contribution is 2.28. The van der Waals surface area contributed by atoms with Crippen molar-refractivity contribution in [3.8, 4) is 0 Å². The number of piperidine rings is 1. The maximum absolute atomic E-state index is 13.1. The number of nitrogens with two attached hydrogens (primary N) is 1. The van der Waals surface area contributed by atoms with Crippen LogP contribution in [0, 0.1) is 0 Å². The van der Waals surface area contributed by atoms with Crippen LogP contribution in [-0.2, 0) is 16.6 Å². The van der Waals surface area contributed by atoms with Crippen molar-refractivity contribution in [1.29, 1.82) is 0 Å². The van der Waals surface area contributed by atoms with Crippen LogP contribution in [0.1, 0.15) is 28.8 Å². The zero-order valence-electron chi connectivity index (χ0n) is 15.6. The summed E-state index contributed by atoms with van der Waals surface area (Å²) >= 11 is 6.11. The summed E-state index contributed by atoms with van der Waals surface area (Å²) in [6.45, 7) is 0.536. The molecule has 1 aliphatic rings. The molecule has 1 fully saturated rings. The summed E-state index contributed by atoms with van der Waals surface area (Å²) in [5.41, 5.74) is 6.50. The van der Waals surface area contributed by atoms with Crippen LogP contribution in [0.2, 0.25) is 5.02 Å². The molecule has 1 atom stereocenters. The molecule has 0 saturated carbocycles. The molecule has 0 radical (unpaired) electrons. The van der Waals surface area contributed by atoms with Crippen LogP contribution >= 0.6 is 11.6 Å². The Labute approximate surface area is 174 Å². The van der Waals surface area contributed by atoms with Gasteiger partial charge in [-0.2, -0.15) is 4.31 Å². The molecule has 8 nitrogen and oxygen atoms in total. The van der Waals surface area contributed by atoms with Crippen molar-refractivity contribution in [2.45, 2.75) is 30.3 Å². The van der Waals surface area contributed by atoms with Crippen molar-refractivity contribution in [2.75, 3.05) is 13.1 Å². The normalized spacial score (nSPS) is 17.4. The summed E-state index contributed by atoms with van der Waals surface area (Å²) in [6, 6.07) is 12.8. The molecule has 0 aromatic heterocycles. The van der Waals surface area contributed by atoms with Crippen molar-refractivity contribution in [3.63, 3.8) is 0 Å². The van der Waals surface area contributed by atoms with E-state index in [-0.39, 0.29) is 24.0 Å². The maximum atomic E-state index is 13.1. The Hall–Kier alpha value is -2.42. The second kappa shape index (κ2) is 9.39. The fourth-order valence-electron chi connectivity index (χ4n) is 3.13. The third-order valence-electron chi connectivity index (χ3n) is 4.63. The van der Waals surface area contributed by atoms with Gasteiger partial charge < -0.3 is 5.73 Å². The molecule has 2 aromatic rings. The predicted octanol–water partition coefficient (Wildman–Crippen LogP) is 2.76. The monoisotopic (exact) mass is 434 g/mol. The lowest BCUT2D eigenvalue weighted by Crippen LogP contribution is -2.42. The van der Waals surface area contributed by atoms with Crippen molar-refractivity contribution in [1.82, 2.24) is 9.22 Å². The van der Waals surface area contributed by atoms with Crippen LogP contribution < -0.4 is 10.6 Å². The van der Waals surface area contributed by atoms with Crippen molar-refractivity contribution < 1.29 is 13.2 Å². The third-order valence-corrected chi connectivity index (χ3v) is 6.93. The molecule has 0 spiro atoms. The highest BCUT2D eigenvalue weighted by atomic mass is 35.5. The number of sulfonamides is 1. The Morgan fingerprint density at radius 1 is 1.21 bits per heavy atom. The van der Waals surface area contributed by atoms with Gasteiger partial charge in [-0.1, -0.05) is 35.9 Å². The van der Waals surface area contributed by atoms with E-state index in [4.69, 9.17) is 17.3 Å². The molecule has 1 saturated heterocycles. The maximum Gasteiger partial charge on any atom is 0.360 e. The Morgan fingerprint density at radius 3 is 2.69 bits per heavy atom. The molecule has 0 bridgehead atoms. The van der Waals surface area contributed by atoms with Gasteiger partial charge in [0.1, 0.15) is 11.2 Å². The first kappa shape index (κ1) is 21.3. The molecule has 10 heteroatoms.